The van der Waals surface area contributed by atoms with Crippen LogP contribution in [-0.2, 0) is 0 Å². The first-order valence-corrected chi connectivity index (χ1v) is 7.29. The van der Waals surface area contributed by atoms with E-state index in [2.05, 4.69) is 28.9 Å². The predicted octanol–water partition coefficient (Wildman–Crippen LogP) is 2.76. The lowest BCUT2D eigenvalue weighted by Gasteiger charge is -2.33. The van der Waals surface area contributed by atoms with Gasteiger partial charge in [0.05, 0.1) is 11.4 Å². The molecule has 1 fully saturated rings. The van der Waals surface area contributed by atoms with E-state index in [1.807, 2.05) is 24.0 Å². The van der Waals surface area contributed by atoms with Crippen LogP contribution < -0.4 is 10.6 Å². The van der Waals surface area contributed by atoms with Gasteiger partial charge in [0.2, 0.25) is 0 Å². The number of thioether (sulfide) groups is 1. The van der Waals surface area contributed by atoms with E-state index in [1.54, 1.807) is 6.20 Å². The van der Waals surface area contributed by atoms with E-state index in [1.165, 1.54) is 11.4 Å². The summed E-state index contributed by atoms with van der Waals surface area (Å²) in [4.78, 5) is 6.53. The standard InChI is InChI=1S/C14H17N3S/c1-10-9-17(6-7-18-10)13-3-2-11-8-16-5-4-12(11)14(13)15/h2-5,8,10H,6-7,9,15H2,1H3. The maximum absolute atomic E-state index is 6.32. The lowest BCUT2D eigenvalue weighted by atomic mass is 10.1. The molecular formula is C14H17N3S. The Hall–Kier alpha value is -1.42. The molecule has 1 aromatic carbocycles. The molecule has 1 unspecified atom stereocenters. The average Bonchev–Trinajstić information content (AvgIpc) is 2.39. The zero-order valence-corrected chi connectivity index (χ0v) is 11.3. The van der Waals surface area contributed by atoms with Gasteiger partial charge in [-0.15, -0.1) is 0 Å². The van der Waals surface area contributed by atoms with E-state index >= 15 is 0 Å². The second-order valence-electron chi connectivity index (χ2n) is 4.72. The van der Waals surface area contributed by atoms with Crippen molar-refractivity contribution in [1.82, 2.24) is 4.98 Å². The fourth-order valence-electron chi connectivity index (χ4n) is 2.49. The van der Waals surface area contributed by atoms with Crippen molar-refractivity contribution >= 4 is 33.9 Å². The number of rotatable bonds is 1. The van der Waals surface area contributed by atoms with Gasteiger partial charge in [-0.05, 0) is 12.1 Å². The summed E-state index contributed by atoms with van der Waals surface area (Å²) in [6.45, 7) is 4.43. The third-order valence-corrected chi connectivity index (χ3v) is 4.56. The quantitative estimate of drug-likeness (QED) is 0.800. The van der Waals surface area contributed by atoms with Crippen LogP contribution in [0, 0.1) is 0 Å². The Bertz CT molecular complexity index is 570. The highest BCUT2D eigenvalue weighted by Gasteiger charge is 2.19. The second kappa shape index (κ2) is 4.69. The van der Waals surface area contributed by atoms with Crippen LogP contribution in [0.1, 0.15) is 6.92 Å². The van der Waals surface area contributed by atoms with Crippen LogP contribution >= 0.6 is 11.8 Å². The fourth-order valence-corrected chi connectivity index (χ4v) is 3.51. The van der Waals surface area contributed by atoms with Crippen LogP contribution in [0.15, 0.2) is 30.6 Å². The molecule has 2 N–H and O–H groups in total. The Morgan fingerprint density at radius 1 is 1.39 bits per heavy atom. The number of hydrogen-bond donors (Lipinski definition) is 1. The lowest BCUT2D eigenvalue weighted by Crippen LogP contribution is -2.37. The topological polar surface area (TPSA) is 42.2 Å². The molecule has 1 aromatic heterocycles. The van der Waals surface area contributed by atoms with Crippen LogP contribution in [0.5, 0.6) is 0 Å². The molecule has 1 aliphatic heterocycles. The van der Waals surface area contributed by atoms with Gasteiger partial charge in [0.1, 0.15) is 0 Å². The number of benzene rings is 1. The minimum atomic E-state index is 0.672. The van der Waals surface area contributed by atoms with Crippen molar-refractivity contribution in [1.29, 1.82) is 0 Å². The van der Waals surface area contributed by atoms with Gasteiger partial charge in [-0.3, -0.25) is 4.98 Å². The molecule has 0 amide bonds. The highest BCUT2D eigenvalue weighted by molar-refractivity contribution is 8.00. The van der Waals surface area contributed by atoms with E-state index in [0.29, 0.717) is 5.25 Å². The molecule has 2 aromatic rings. The summed E-state index contributed by atoms with van der Waals surface area (Å²) in [5.41, 5.74) is 8.37. The number of hydrogen-bond acceptors (Lipinski definition) is 4. The SMILES string of the molecule is CC1CN(c2ccc3cnccc3c2N)CCS1. The van der Waals surface area contributed by atoms with E-state index in [-0.39, 0.29) is 0 Å². The average molecular weight is 259 g/mol. The van der Waals surface area contributed by atoms with Crippen molar-refractivity contribution in [3.63, 3.8) is 0 Å². The highest BCUT2D eigenvalue weighted by atomic mass is 32.2. The molecule has 0 bridgehead atoms. The molecule has 1 atom stereocenters. The van der Waals surface area contributed by atoms with Crippen molar-refractivity contribution in [2.45, 2.75) is 12.2 Å². The van der Waals surface area contributed by atoms with Crippen LogP contribution in [-0.4, -0.2) is 29.1 Å². The molecule has 4 heteroatoms. The van der Waals surface area contributed by atoms with Crippen molar-refractivity contribution in [2.75, 3.05) is 29.5 Å². The molecular weight excluding hydrogens is 242 g/mol. The van der Waals surface area contributed by atoms with Crippen LogP contribution in [0.3, 0.4) is 0 Å². The number of aromatic nitrogens is 1. The molecule has 0 spiro atoms. The van der Waals surface area contributed by atoms with E-state index < -0.39 is 0 Å². The zero-order chi connectivity index (χ0) is 12.5. The first-order valence-electron chi connectivity index (χ1n) is 6.24. The van der Waals surface area contributed by atoms with E-state index in [0.717, 1.165) is 29.5 Å². The summed E-state index contributed by atoms with van der Waals surface area (Å²) < 4.78 is 0. The number of nitrogens with two attached hydrogens (primary N) is 1. The van der Waals surface area contributed by atoms with Crippen LogP contribution in [0.25, 0.3) is 10.8 Å². The van der Waals surface area contributed by atoms with Crippen LogP contribution in [0.2, 0.25) is 0 Å². The van der Waals surface area contributed by atoms with Gasteiger partial charge in [0.15, 0.2) is 0 Å². The largest absolute Gasteiger partial charge is 0.397 e. The fraction of sp³-hybridized carbons (Fsp3) is 0.357. The van der Waals surface area contributed by atoms with E-state index in [9.17, 15) is 0 Å². The molecule has 18 heavy (non-hydrogen) atoms. The summed E-state index contributed by atoms with van der Waals surface area (Å²) in [7, 11) is 0. The molecule has 0 saturated carbocycles. The number of nitrogen functional groups attached to an aromatic ring is 1. The van der Waals surface area contributed by atoms with Crippen molar-refractivity contribution in [3.05, 3.63) is 30.6 Å². The summed E-state index contributed by atoms with van der Waals surface area (Å²) in [6.07, 6.45) is 3.67. The van der Waals surface area contributed by atoms with Gasteiger partial charge in [-0.25, -0.2) is 0 Å². The summed E-state index contributed by atoms with van der Waals surface area (Å²) >= 11 is 2.03. The molecule has 0 radical (unpaired) electrons. The summed E-state index contributed by atoms with van der Waals surface area (Å²) in [5.74, 6) is 1.18. The zero-order valence-electron chi connectivity index (χ0n) is 10.5. The van der Waals surface area contributed by atoms with E-state index in [4.69, 9.17) is 5.73 Å². The Labute approximate surface area is 111 Å². The number of anilines is 2. The molecule has 94 valence electrons. The Morgan fingerprint density at radius 3 is 3.11 bits per heavy atom. The predicted molar refractivity (Wildman–Crippen MR) is 80.3 cm³/mol. The van der Waals surface area contributed by atoms with Gasteiger partial charge in [0, 0.05) is 47.3 Å². The smallest absolute Gasteiger partial charge is 0.0632 e. The summed E-state index contributed by atoms with van der Waals surface area (Å²) in [6, 6.07) is 6.23. The van der Waals surface area contributed by atoms with Gasteiger partial charge in [0.25, 0.3) is 0 Å². The highest BCUT2D eigenvalue weighted by Crippen LogP contribution is 2.33. The third kappa shape index (κ3) is 2.01. The monoisotopic (exact) mass is 259 g/mol. The third-order valence-electron chi connectivity index (χ3n) is 3.42. The molecule has 2 heterocycles. The molecule has 1 saturated heterocycles. The van der Waals surface area contributed by atoms with Gasteiger partial charge in [-0.1, -0.05) is 13.0 Å². The van der Waals surface area contributed by atoms with Crippen molar-refractivity contribution in [2.24, 2.45) is 0 Å². The molecule has 1 aliphatic rings. The van der Waals surface area contributed by atoms with Gasteiger partial charge in [-0.2, -0.15) is 11.8 Å². The Balaban J connectivity index is 2.04. The maximum atomic E-state index is 6.32. The number of fused-ring (bicyclic) bond motifs is 1. The Kier molecular flexibility index (Phi) is 3.04. The summed E-state index contributed by atoms with van der Waals surface area (Å²) in [5, 5.41) is 2.89. The first kappa shape index (κ1) is 11.7. The molecule has 3 rings (SSSR count). The minimum Gasteiger partial charge on any atom is -0.397 e. The van der Waals surface area contributed by atoms with Crippen molar-refractivity contribution < 1.29 is 0 Å². The second-order valence-corrected chi connectivity index (χ2v) is 6.27. The normalized spacial score (nSPS) is 20.3. The van der Waals surface area contributed by atoms with Crippen LogP contribution in [0.4, 0.5) is 11.4 Å². The molecule has 3 nitrogen and oxygen atoms in total. The van der Waals surface area contributed by atoms with Gasteiger partial charge < -0.3 is 10.6 Å². The lowest BCUT2D eigenvalue weighted by molar-refractivity contribution is 0.784. The van der Waals surface area contributed by atoms with Crippen molar-refractivity contribution in [3.8, 4) is 0 Å². The molecule has 0 aliphatic carbocycles. The minimum absolute atomic E-state index is 0.672. The maximum Gasteiger partial charge on any atom is 0.0632 e. The first-order chi connectivity index (χ1) is 8.75. The van der Waals surface area contributed by atoms with Gasteiger partial charge >= 0.3 is 0 Å². The Morgan fingerprint density at radius 2 is 2.28 bits per heavy atom. The number of nitrogens with zero attached hydrogens (tertiary/aromatic N) is 2. The number of pyridine rings is 1.